The second-order valence-electron chi connectivity index (χ2n) is 5.37. The Morgan fingerprint density at radius 2 is 1.74 bits per heavy atom. The second kappa shape index (κ2) is 8.11. The van der Waals surface area contributed by atoms with Gasteiger partial charge < -0.3 is 9.80 Å². The van der Waals surface area contributed by atoms with Gasteiger partial charge in [-0.05, 0) is 43.7 Å². The molecule has 23 heavy (non-hydrogen) atoms. The molecule has 2 rings (SSSR count). The van der Waals surface area contributed by atoms with E-state index in [1.807, 2.05) is 43.4 Å². The Bertz CT molecular complexity index is 636. The van der Waals surface area contributed by atoms with Gasteiger partial charge >= 0.3 is 0 Å². The Kier molecular flexibility index (Phi) is 6.16. The van der Waals surface area contributed by atoms with Gasteiger partial charge in [-0.1, -0.05) is 28.1 Å². The van der Waals surface area contributed by atoms with Gasteiger partial charge in [0.25, 0.3) is 5.91 Å². The fraction of sp³-hybridized carbons (Fsp3) is 0.333. The van der Waals surface area contributed by atoms with Crippen LogP contribution in [0.3, 0.4) is 0 Å². The summed E-state index contributed by atoms with van der Waals surface area (Å²) in [6.45, 7) is 6.57. The minimum atomic E-state index is -0.0217. The summed E-state index contributed by atoms with van der Waals surface area (Å²) in [6, 6.07) is 11.7. The molecule has 1 amide bonds. The van der Waals surface area contributed by atoms with Crippen molar-refractivity contribution in [1.29, 1.82) is 0 Å². The summed E-state index contributed by atoms with van der Waals surface area (Å²) in [5, 5.41) is 0. The SMILES string of the molecule is CCN(CC)c1ccc(C(=O)N(C)Cc2ccc(Br)cc2)cn1. The maximum Gasteiger partial charge on any atom is 0.255 e. The monoisotopic (exact) mass is 375 g/mol. The van der Waals surface area contributed by atoms with Crippen molar-refractivity contribution < 1.29 is 4.79 Å². The molecule has 0 bridgehead atoms. The van der Waals surface area contributed by atoms with Crippen LogP contribution < -0.4 is 4.90 Å². The first-order chi connectivity index (χ1) is 11.0. The van der Waals surface area contributed by atoms with Crippen LogP contribution in [0.15, 0.2) is 47.1 Å². The summed E-state index contributed by atoms with van der Waals surface area (Å²) in [7, 11) is 1.81. The number of halogens is 1. The summed E-state index contributed by atoms with van der Waals surface area (Å²) < 4.78 is 1.03. The molecule has 5 heteroatoms. The van der Waals surface area contributed by atoms with Gasteiger partial charge in [0.15, 0.2) is 0 Å². The number of rotatable bonds is 6. The molecule has 0 aliphatic heterocycles. The van der Waals surface area contributed by atoms with Gasteiger partial charge in [-0.25, -0.2) is 4.98 Å². The van der Waals surface area contributed by atoms with E-state index in [1.54, 1.807) is 11.1 Å². The molecule has 1 aromatic heterocycles. The number of aromatic nitrogens is 1. The highest BCUT2D eigenvalue weighted by Gasteiger charge is 2.13. The molecule has 1 aromatic carbocycles. The first-order valence-corrected chi connectivity index (χ1v) is 8.55. The Morgan fingerprint density at radius 1 is 1.09 bits per heavy atom. The zero-order valence-corrected chi connectivity index (χ0v) is 15.4. The summed E-state index contributed by atoms with van der Waals surface area (Å²) in [4.78, 5) is 20.8. The number of anilines is 1. The summed E-state index contributed by atoms with van der Waals surface area (Å²) >= 11 is 3.41. The van der Waals surface area contributed by atoms with E-state index < -0.39 is 0 Å². The zero-order valence-electron chi connectivity index (χ0n) is 13.8. The Balaban J connectivity index is 2.05. The molecule has 2 aromatic rings. The standard InChI is InChI=1S/C18H22BrN3O/c1-4-22(5-2)17-11-8-15(12-20-17)18(23)21(3)13-14-6-9-16(19)10-7-14/h6-12H,4-5,13H2,1-3H3. The van der Waals surface area contributed by atoms with Gasteiger partial charge in [-0.15, -0.1) is 0 Å². The van der Waals surface area contributed by atoms with Gasteiger partial charge in [-0.2, -0.15) is 0 Å². The van der Waals surface area contributed by atoms with Crippen LogP contribution in [0.1, 0.15) is 29.8 Å². The number of carbonyl (C=O) groups excluding carboxylic acids is 1. The average Bonchev–Trinajstić information content (AvgIpc) is 2.58. The van der Waals surface area contributed by atoms with Crippen molar-refractivity contribution in [2.24, 2.45) is 0 Å². The van der Waals surface area contributed by atoms with E-state index in [0.29, 0.717) is 12.1 Å². The summed E-state index contributed by atoms with van der Waals surface area (Å²) in [5.41, 5.74) is 1.71. The molecule has 0 radical (unpaired) electrons. The topological polar surface area (TPSA) is 36.4 Å². The molecule has 0 saturated heterocycles. The molecule has 0 unspecified atom stereocenters. The van der Waals surface area contributed by atoms with E-state index >= 15 is 0 Å². The quantitative estimate of drug-likeness (QED) is 0.766. The minimum Gasteiger partial charge on any atom is -0.357 e. The van der Waals surface area contributed by atoms with Crippen LogP contribution >= 0.6 is 15.9 Å². The third kappa shape index (κ3) is 4.55. The van der Waals surface area contributed by atoms with Gasteiger partial charge in [0.2, 0.25) is 0 Å². The molecule has 0 aliphatic carbocycles. The highest BCUT2D eigenvalue weighted by Crippen LogP contribution is 2.15. The Hall–Kier alpha value is -1.88. The molecule has 4 nitrogen and oxygen atoms in total. The highest BCUT2D eigenvalue weighted by atomic mass is 79.9. The zero-order chi connectivity index (χ0) is 16.8. The molecule has 0 spiro atoms. The largest absolute Gasteiger partial charge is 0.357 e. The third-order valence-electron chi connectivity index (χ3n) is 3.76. The third-order valence-corrected chi connectivity index (χ3v) is 4.29. The smallest absolute Gasteiger partial charge is 0.255 e. The number of amides is 1. The van der Waals surface area contributed by atoms with Crippen LogP contribution in [0, 0.1) is 0 Å². The van der Waals surface area contributed by atoms with Crippen molar-refractivity contribution in [2.75, 3.05) is 25.0 Å². The van der Waals surface area contributed by atoms with Crippen LogP contribution in [-0.4, -0.2) is 35.9 Å². The molecule has 1 heterocycles. The fourth-order valence-corrected chi connectivity index (χ4v) is 2.67. The normalized spacial score (nSPS) is 10.4. The van der Waals surface area contributed by atoms with E-state index in [4.69, 9.17) is 0 Å². The number of carbonyl (C=O) groups is 1. The maximum atomic E-state index is 12.5. The molecule has 0 N–H and O–H groups in total. The van der Waals surface area contributed by atoms with Crippen LogP contribution in [0.25, 0.3) is 0 Å². The lowest BCUT2D eigenvalue weighted by Crippen LogP contribution is -2.27. The number of hydrogen-bond donors (Lipinski definition) is 0. The molecular formula is C18H22BrN3O. The maximum absolute atomic E-state index is 12.5. The van der Waals surface area contributed by atoms with Crippen molar-refractivity contribution in [3.8, 4) is 0 Å². The van der Waals surface area contributed by atoms with E-state index in [2.05, 4.69) is 39.7 Å². The van der Waals surface area contributed by atoms with Crippen LogP contribution in [-0.2, 0) is 6.54 Å². The predicted molar refractivity (Wildman–Crippen MR) is 97.7 cm³/mol. The lowest BCUT2D eigenvalue weighted by atomic mass is 10.2. The first kappa shape index (κ1) is 17.5. The van der Waals surface area contributed by atoms with Gasteiger partial charge in [0.1, 0.15) is 5.82 Å². The number of pyridine rings is 1. The van der Waals surface area contributed by atoms with E-state index in [9.17, 15) is 4.79 Å². The molecule has 0 fully saturated rings. The summed E-state index contributed by atoms with van der Waals surface area (Å²) in [6.07, 6.45) is 1.66. The second-order valence-corrected chi connectivity index (χ2v) is 6.28. The van der Waals surface area contributed by atoms with Crippen molar-refractivity contribution in [3.63, 3.8) is 0 Å². The molecular weight excluding hydrogens is 354 g/mol. The van der Waals surface area contributed by atoms with E-state index in [-0.39, 0.29) is 5.91 Å². The Labute approximate surface area is 146 Å². The predicted octanol–water partition coefficient (Wildman–Crippen LogP) is 3.96. The summed E-state index contributed by atoms with van der Waals surface area (Å²) in [5.74, 6) is 0.883. The van der Waals surface area contributed by atoms with Crippen LogP contribution in [0.2, 0.25) is 0 Å². The minimum absolute atomic E-state index is 0.0217. The van der Waals surface area contributed by atoms with Crippen molar-refractivity contribution in [2.45, 2.75) is 20.4 Å². The van der Waals surface area contributed by atoms with E-state index in [1.165, 1.54) is 0 Å². The molecule has 122 valence electrons. The Morgan fingerprint density at radius 3 is 2.26 bits per heavy atom. The lowest BCUT2D eigenvalue weighted by Gasteiger charge is -2.21. The first-order valence-electron chi connectivity index (χ1n) is 7.76. The van der Waals surface area contributed by atoms with Crippen molar-refractivity contribution in [3.05, 3.63) is 58.2 Å². The van der Waals surface area contributed by atoms with Crippen LogP contribution in [0.4, 0.5) is 5.82 Å². The average molecular weight is 376 g/mol. The van der Waals surface area contributed by atoms with Crippen LogP contribution in [0.5, 0.6) is 0 Å². The fourth-order valence-electron chi connectivity index (χ4n) is 2.40. The van der Waals surface area contributed by atoms with Gasteiger partial charge in [-0.3, -0.25) is 4.79 Å². The van der Waals surface area contributed by atoms with E-state index in [0.717, 1.165) is 28.9 Å². The molecule has 0 atom stereocenters. The number of benzene rings is 1. The molecule has 0 saturated carbocycles. The lowest BCUT2D eigenvalue weighted by molar-refractivity contribution is 0.0784. The number of hydrogen-bond acceptors (Lipinski definition) is 3. The number of nitrogens with zero attached hydrogens (tertiary/aromatic N) is 3. The van der Waals surface area contributed by atoms with Crippen molar-refractivity contribution >= 4 is 27.7 Å². The molecule has 0 aliphatic rings. The highest BCUT2D eigenvalue weighted by molar-refractivity contribution is 9.10. The van der Waals surface area contributed by atoms with Gasteiger partial charge in [0.05, 0.1) is 5.56 Å². The van der Waals surface area contributed by atoms with Crippen molar-refractivity contribution in [1.82, 2.24) is 9.88 Å². The van der Waals surface area contributed by atoms with Gasteiger partial charge in [0, 0.05) is 37.4 Å².